The van der Waals surface area contributed by atoms with Crippen LogP contribution in [0.1, 0.15) is 33.1 Å². The molecule has 0 amide bonds. The molecule has 0 aromatic carbocycles. The van der Waals surface area contributed by atoms with Crippen LogP contribution in [-0.4, -0.2) is 38.1 Å². The maximum Gasteiger partial charge on any atom is 0.00218 e. The van der Waals surface area contributed by atoms with Gasteiger partial charge in [0.25, 0.3) is 0 Å². The average Bonchev–Trinajstić information content (AvgIpc) is 2.52. The molecule has 2 atom stereocenters. The largest absolute Gasteiger partial charge is 0.316 e. The first-order chi connectivity index (χ1) is 6.74. The molecule has 2 heteroatoms. The summed E-state index contributed by atoms with van der Waals surface area (Å²) in [6.07, 6.45) is 4.07. The summed E-state index contributed by atoms with van der Waals surface area (Å²) in [6, 6.07) is 0. The molecule has 1 fully saturated rings. The van der Waals surface area contributed by atoms with Crippen molar-refractivity contribution in [3.63, 3.8) is 0 Å². The molecule has 0 aromatic rings. The van der Waals surface area contributed by atoms with Gasteiger partial charge in [0.15, 0.2) is 0 Å². The number of nitrogens with one attached hydrogen (secondary N) is 1. The van der Waals surface area contributed by atoms with Crippen LogP contribution in [0.25, 0.3) is 0 Å². The average molecular weight is 198 g/mol. The smallest absolute Gasteiger partial charge is 0.00218 e. The van der Waals surface area contributed by atoms with Crippen LogP contribution < -0.4 is 5.32 Å². The minimum atomic E-state index is 0.864. The summed E-state index contributed by atoms with van der Waals surface area (Å²) in [5, 5.41) is 3.47. The normalized spacial score (nSPS) is 27.4. The summed E-state index contributed by atoms with van der Waals surface area (Å²) in [5.41, 5.74) is 0. The molecule has 84 valence electrons. The standard InChI is InChI=1S/C12H26N2/c1-4-5-6-7-14(3)10-12-9-13-8-11(12)2/h11-13H,4-10H2,1-3H3/t11-,12+/m1/s1. The van der Waals surface area contributed by atoms with Crippen molar-refractivity contribution in [2.45, 2.75) is 33.1 Å². The van der Waals surface area contributed by atoms with Crippen molar-refractivity contribution in [1.82, 2.24) is 10.2 Å². The van der Waals surface area contributed by atoms with E-state index in [0.717, 1.165) is 11.8 Å². The minimum Gasteiger partial charge on any atom is -0.316 e. The van der Waals surface area contributed by atoms with Crippen molar-refractivity contribution in [1.29, 1.82) is 0 Å². The Labute approximate surface area is 89.1 Å². The fourth-order valence-electron chi connectivity index (χ4n) is 2.23. The van der Waals surface area contributed by atoms with Crippen LogP contribution in [0.2, 0.25) is 0 Å². The summed E-state index contributed by atoms with van der Waals surface area (Å²) in [4.78, 5) is 2.50. The highest BCUT2D eigenvalue weighted by molar-refractivity contribution is 4.79. The summed E-state index contributed by atoms with van der Waals surface area (Å²) in [6.45, 7) is 9.62. The Hall–Kier alpha value is -0.0800. The number of rotatable bonds is 6. The van der Waals surface area contributed by atoms with E-state index >= 15 is 0 Å². The van der Waals surface area contributed by atoms with Crippen molar-refractivity contribution in [3.8, 4) is 0 Å². The van der Waals surface area contributed by atoms with Gasteiger partial charge in [0, 0.05) is 6.54 Å². The molecule has 1 aliphatic heterocycles. The van der Waals surface area contributed by atoms with Crippen LogP contribution in [-0.2, 0) is 0 Å². The molecule has 1 heterocycles. The molecular weight excluding hydrogens is 172 g/mol. The van der Waals surface area contributed by atoms with E-state index in [1.165, 1.54) is 45.4 Å². The molecule has 0 radical (unpaired) electrons. The Balaban J connectivity index is 2.09. The van der Waals surface area contributed by atoms with E-state index in [9.17, 15) is 0 Å². The van der Waals surface area contributed by atoms with E-state index in [1.54, 1.807) is 0 Å². The van der Waals surface area contributed by atoms with Crippen molar-refractivity contribution in [2.75, 3.05) is 33.2 Å². The lowest BCUT2D eigenvalue weighted by molar-refractivity contribution is 0.255. The van der Waals surface area contributed by atoms with Gasteiger partial charge in [-0.15, -0.1) is 0 Å². The van der Waals surface area contributed by atoms with Gasteiger partial charge in [0.1, 0.15) is 0 Å². The number of unbranched alkanes of at least 4 members (excludes halogenated alkanes) is 2. The van der Waals surface area contributed by atoms with E-state index in [-0.39, 0.29) is 0 Å². The van der Waals surface area contributed by atoms with E-state index in [2.05, 4.69) is 31.1 Å². The first kappa shape index (κ1) is 12.0. The highest BCUT2D eigenvalue weighted by Crippen LogP contribution is 2.16. The van der Waals surface area contributed by atoms with Gasteiger partial charge >= 0.3 is 0 Å². The van der Waals surface area contributed by atoms with Gasteiger partial charge < -0.3 is 10.2 Å². The van der Waals surface area contributed by atoms with Crippen LogP contribution in [0.5, 0.6) is 0 Å². The monoisotopic (exact) mass is 198 g/mol. The van der Waals surface area contributed by atoms with Crippen molar-refractivity contribution in [2.24, 2.45) is 11.8 Å². The Kier molecular flexibility index (Phi) is 5.49. The molecule has 14 heavy (non-hydrogen) atoms. The van der Waals surface area contributed by atoms with Gasteiger partial charge in [-0.05, 0) is 44.9 Å². The molecule has 1 aliphatic rings. The summed E-state index contributed by atoms with van der Waals surface area (Å²) < 4.78 is 0. The first-order valence-corrected chi connectivity index (χ1v) is 6.13. The van der Waals surface area contributed by atoms with Gasteiger partial charge in [-0.25, -0.2) is 0 Å². The molecule has 1 N–H and O–H groups in total. The predicted molar refractivity (Wildman–Crippen MR) is 62.5 cm³/mol. The third-order valence-electron chi connectivity index (χ3n) is 3.37. The molecule has 1 saturated heterocycles. The zero-order chi connectivity index (χ0) is 10.4. The SMILES string of the molecule is CCCCCN(C)C[C@@H]1CNC[C@H]1C. The second-order valence-corrected chi connectivity index (χ2v) is 4.86. The predicted octanol–water partition coefficient (Wildman–Crippen LogP) is 1.96. The van der Waals surface area contributed by atoms with Crippen LogP contribution in [0, 0.1) is 11.8 Å². The molecule has 0 bridgehead atoms. The summed E-state index contributed by atoms with van der Waals surface area (Å²) >= 11 is 0. The number of hydrogen-bond donors (Lipinski definition) is 1. The number of nitrogens with zero attached hydrogens (tertiary/aromatic N) is 1. The van der Waals surface area contributed by atoms with Gasteiger partial charge in [-0.2, -0.15) is 0 Å². The molecule has 0 spiro atoms. The lowest BCUT2D eigenvalue weighted by Gasteiger charge is -2.22. The highest BCUT2D eigenvalue weighted by atomic mass is 15.1. The Morgan fingerprint density at radius 2 is 2.07 bits per heavy atom. The third kappa shape index (κ3) is 3.97. The summed E-state index contributed by atoms with van der Waals surface area (Å²) in [7, 11) is 2.26. The third-order valence-corrected chi connectivity index (χ3v) is 3.37. The number of hydrogen-bond acceptors (Lipinski definition) is 2. The lowest BCUT2D eigenvalue weighted by Crippen LogP contribution is -2.30. The van der Waals surface area contributed by atoms with Gasteiger partial charge in [-0.1, -0.05) is 26.7 Å². The molecule has 0 saturated carbocycles. The Morgan fingerprint density at radius 3 is 2.64 bits per heavy atom. The van der Waals surface area contributed by atoms with Gasteiger partial charge in [0.2, 0.25) is 0 Å². The Morgan fingerprint density at radius 1 is 1.29 bits per heavy atom. The maximum absolute atomic E-state index is 3.47. The minimum absolute atomic E-state index is 0.864. The van der Waals surface area contributed by atoms with Crippen molar-refractivity contribution >= 4 is 0 Å². The topological polar surface area (TPSA) is 15.3 Å². The molecule has 0 aromatic heterocycles. The van der Waals surface area contributed by atoms with Crippen LogP contribution in [0.4, 0.5) is 0 Å². The molecule has 1 rings (SSSR count). The molecule has 0 aliphatic carbocycles. The van der Waals surface area contributed by atoms with E-state index < -0.39 is 0 Å². The van der Waals surface area contributed by atoms with E-state index in [0.29, 0.717) is 0 Å². The lowest BCUT2D eigenvalue weighted by atomic mass is 9.98. The van der Waals surface area contributed by atoms with E-state index in [1.807, 2.05) is 0 Å². The second kappa shape index (κ2) is 6.41. The van der Waals surface area contributed by atoms with Gasteiger partial charge in [-0.3, -0.25) is 0 Å². The van der Waals surface area contributed by atoms with Crippen LogP contribution in [0.3, 0.4) is 0 Å². The van der Waals surface area contributed by atoms with Crippen molar-refractivity contribution in [3.05, 3.63) is 0 Å². The quantitative estimate of drug-likeness (QED) is 0.656. The van der Waals surface area contributed by atoms with E-state index in [4.69, 9.17) is 0 Å². The van der Waals surface area contributed by atoms with Crippen molar-refractivity contribution < 1.29 is 0 Å². The Bertz CT molecular complexity index is 147. The zero-order valence-corrected chi connectivity index (χ0v) is 10.1. The maximum atomic E-state index is 3.47. The van der Waals surface area contributed by atoms with Crippen LogP contribution >= 0.6 is 0 Å². The second-order valence-electron chi connectivity index (χ2n) is 4.86. The fourth-order valence-corrected chi connectivity index (χ4v) is 2.23. The molecular formula is C12H26N2. The molecule has 0 unspecified atom stereocenters. The highest BCUT2D eigenvalue weighted by Gasteiger charge is 2.23. The fraction of sp³-hybridized carbons (Fsp3) is 1.00. The molecule has 2 nitrogen and oxygen atoms in total. The zero-order valence-electron chi connectivity index (χ0n) is 10.1. The summed E-state index contributed by atoms with van der Waals surface area (Å²) in [5.74, 6) is 1.74. The first-order valence-electron chi connectivity index (χ1n) is 6.13. The van der Waals surface area contributed by atoms with Gasteiger partial charge in [0.05, 0.1) is 0 Å². The van der Waals surface area contributed by atoms with Crippen LogP contribution in [0.15, 0.2) is 0 Å².